The summed E-state index contributed by atoms with van der Waals surface area (Å²) in [7, 11) is 0. The van der Waals surface area contributed by atoms with E-state index in [0.29, 0.717) is 10.5 Å². The van der Waals surface area contributed by atoms with Crippen LogP contribution in [0.15, 0.2) is 46.9 Å². The maximum atomic E-state index is 13.7. The number of halogens is 3. The highest BCUT2D eigenvalue weighted by molar-refractivity contribution is 9.10. The minimum Gasteiger partial charge on any atom is -0.352 e. The molecule has 3 aromatic rings. The lowest BCUT2D eigenvalue weighted by Crippen LogP contribution is -1.79. The fraction of sp³-hybridized carbons (Fsp3) is 0. The molecule has 0 saturated heterocycles. The van der Waals surface area contributed by atoms with Crippen LogP contribution in [-0.4, -0.2) is 4.98 Å². The number of aromatic nitrogens is 1. The van der Waals surface area contributed by atoms with Crippen LogP contribution in [0.25, 0.3) is 22.2 Å². The molecule has 90 valence electrons. The Morgan fingerprint density at radius 2 is 1.94 bits per heavy atom. The van der Waals surface area contributed by atoms with Gasteiger partial charge < -0.3 is 4.98 Å². The highest BCUT2D eigenvalue weighted by Gasteiger charge is 2.08. The molecule has 0 aliphatic rings. The first-order valence-corrected chi connectivity index (χ1v) is 6.54. The molecular weight excluding hydrogens is 317 g/mol. The van der Waals surface area contributed by atoms with Gasteiger partial charge >= 0.3 is 0 Å². The summed E-state index contributed by atoms with van der Waals surface area (Å²) in [6, 6.07) is 12.8. The third-order valence-corrected chi connectivity index (χ3v) is 3.49. The van der Waals surface area contributed by atoms with Gasteiger partial charge in [-0.25, -0.2) is 4.39 Å². The third-order valence-electron chi connectivity index (χ3n) is 2.78. The molecule has 0 aliphatic heterocycles. The van der Waals surface area contributed by atoms with Crippen molar-refractivity contribution < 1.29 is 4.39 Å². The molecule has 0 fully saturated rings. The third kappa shape index (κ3) is 2.04. The van der Waals surface area contributed by atoms with E-state index in [0.717, 1.165) is 21.1 Å². The maximum absolute atomic E-state index is 13.7. The maximum Gasteiger partial charge on any atom is 0.148 e. The van der Waals surface area contributed by atoms with Gasteiger partial charge in [-0.2, -0.15) is 0 Å². The molecule has 0 unspecified atom stereocenters. The second-order valence-corrected chi connectivity index (χ2v) is 5.40. The van der Waals surface area contributed by atoms with E-state index in [2.05, 4.69) is 20.9 Å². The number of aromatic amines is 1. The number of rotatable bonds is 1. The molecule has 1 nitrogen and oxygen atoms in total. The van der Waals surface area contributed by atoms with E-state index < -0.39 is 0 Å². The Bertz CT molecular complexity index is 736. The fourth-order valence-corrected chi connectivity index (χ4v) is 2.59. The number of hydrogen-bond acceptors (Lipinski definition) is 0. The van der Waals surface area contributed by atoms with Gasteiger partial charge in [0.05, 0.1) is 5.52 Å². The van der Waals surface area contributed by atoms with Crippen molar-refractivity contribution in [1.29, 1.82) is 0 Å². The van der Waals surface area contributed by atoms with Gasteiger partial charge in [0, 0.05) is 20.6 Å². The minimum atomic E-state index is -0.334. The normalized spacial score (nSPS) is 11.1. The van der Waals surface area contributed by atoms with Crippen LogP contribution < -0.4 is 0 Å². The first kappa shape index (κ1) is 11.8. The van der Waals surface area contributed by atoms with Gasteiger partial charge in [-0.3, -0.25) is 0 Å². The van der Waals surface area contributed by atoms with Gasteiger partial charge in [-0.15, -0.1) is 0 Å². The summed E-state index contributed by atoms with van der Waals surface area (Å²) in [5, 5.41) is 1.18. The molecule has 0 amide bonds. The predicted octanol–water partition coefficient (Wildman–Crippen LogP) is 5.39. The lowest BCUT2D eigenvalue weighted by atomic mass is 10.1. The van der Waals surface area contributed by atoms with Crippen molar-refractivity contribution in [2.45, 2.75) is 0 Å². The summed E-state index contributed by atoms with van der Waals surface area (Å²) < 4.78 is 14.7. The Morgan fingerprint density at radius 1 is 1.11 bits per heavy atom. The summed E-state index contributed by atoms with van der Waals surface area (Å²) in [6.07, 6.45) is 0. The van der Waals surface area contributed by atoms with E-state index in [-0.39, 0.29) is 5.82 Å². The molecule has 2 aromatic carbocycles. The van der Waals surface area contributed by atoms with E-state index >= 15 is 0 Å². The summed E-state index contributed by atoms with van der Waals surface area (Å²) in [6.45, 7) is 0. The molecule has 0 bridgehead atoms. The van der Waals surface area contributed by atoms with Gasteiger partial charge in [0.1, 0.15) is 5.82 Å². The molecule has 3 rings (SSSR count). The molecule has 0 saturated carbocycles. The van der Waals surface area contributed by atoms with Crippen molar-refractivity contribution in [3.05, 3.63) is 57.8 Å². The van der Waals surface area contributed by atoms with Crippen molar-refractivity contribution in [2.75, 3.05) is 0 Å². The largest absolute Gasteiger partial charge is 0.352 e. The highest BCUT2D eigenvalue weighted by Crippen LogP contribution is 2.29. The highest BCUT2D eigenvalue weighted by atomic mass is 79.9. The second kappa shape index (κ2) is 4.41. The Balaban J connectivity index is 2.22. The monoisotopic (exact) mass is 323 g/mol. The van der Waals surface area contributed by atoms with Crippen molar-refractivity contribution in [3.63, 3.8) is 0 Å². The molecule has 18 heavy (non-hydrogen) atoms. The Kier molecular flexibility index (Phi) is 2.88. The molecule has 1 heterocycles. The first-order valence-electron chi connectivity index (χ1n) is 5.37. The zero-order chi connectivity index (χ0) is 12.7. The summed E-state index contributed by atoms with van der Waals surface area (Å²) in [4.78, 5) is 3.08. The number of H-pyrrole nitrogens is 1. The van der Waals surface area contributed by atoms with Crippen LogP contribution in [0.4, 0.5) is 4.39 Å². The van der Waals surface area contributed by atoms with Crippen LogP contribution in [0.5, 0.6) is 0 Å². The molecule has 0 radical (unpaired) electrons. The number of hydrogen-bond donors (Lipinski definition) is 1. The Labute approximate surface area is 117 Å². The molecule has 1 N–H and O–H groups in total. The van der Waals surface area contributed by atoms with E-state index in [1.54, 1.807) is 6.07 Å². The quantitative estimate of drug-likeness (QED) is 0.617. The van der Waals surface area contributed by atoms with Crippen LogP contribution in [0, 0.1) is 5.82 Å². The van der Waals surface area contributed by atoms with Gasteiger partial charge in [0.15, 0.2) is 0 Å². The number of fused-ring (bicyclic) bond motifs is 1. The van der Waals surface area contributed by atoms with Crippen LogP contribution in [-0.2, 0) is 0 Å². The summed E-state index contributed by atoms with van der Waals surface area (Å²) in [5.41, 5.74) is 2.35. The molecular formula is C14H8BrClFN. The Morgan fingerprint density at radius 3 is 2.72 bits per heavy atom. The lowest BCUT2D eigenvalue weighted by molar-refractivity contribution is 0.637. The Hall–Kier alpha value is -1.32. The number of nitrogens with one attached hydrogen (secondary N) is 1. The molecule has 0 spiro atoms. The SMILES string of the molecule is Fc1cc(Cl)cc2cc(-c3cccc(Br)c3)[nH]c12. The van der Waals surface area contributed by atoms with E-state index in [9.17, 15) is 4.39 Å². The van der Waals surface area contributed by atoms with Gasteiger partial charge in [0.25, 0.3) is 0 Å². The molecule has 4 heteroatoms. The van der Waals surface area contributed by atoms with E-state index in [1.165, 1.54) is 6.07 Å². The van der Waals surface area contributed by atoms with Gasteiger partial charge in [-0.1, -0.05) is 39.7 Å². The van der Waals surface area contributed by atoms with Crippen molar-refractivity contribution in [3.8, 4) is 11.3 Å². The van der Waals surface area contributed by atoms with Crippen LogP contribution >= 0.6 is 27.5 Å². The first-order chi connectivity index (χ1) is 8.63. The molecule has 0 atom stereocenters. The van der Waals surface area contributed by atoms with Gasteiger partial charge in [-0.05, 0) is 35.9 Å². The zero-order valence-corrected chi connectivity index (χ0v) is 11.5. The standard InChI is InChI=1S/C14H8BrClFN/c15-10-3-1-2-8(4-10)13-6-9-5-11(16)7-12(17)14(9)18-13/h1-7,18H. The lowest BCUT2D eigenvalue weighted by Gasteiger charge is -1.98. The van der Waals surface area contributed by atoms with Crippen LogP contribution in [0.1, 0.15) is 0 Å². The smallest absolute Gasteiger partial charge is 0.148 e. The van der Waals surface area contributed by atoms with E-state index in [1.807, 2.05) is 30.3 Å². The fourth-order valence-electron chi connectivity index (χ4n) is 1.98. The van der Waals surface area contributed by atoms with E-state index in [4.69, 9.17) is 11.6 Å². The van der Waals surface area contributed by atoms with Crippen molar-refractivity contribution >= 4 is 38.4 Å². The molecule has 0 aliphatic carbocycles. The summed E-state index contributed by atoms with van der Waals surface area (Å²) >= 11 is 9.26. The second-order valence-electron chi connectivity index (χ2n) is 4.05. The van der Waals surface area contributed by atoms with Crippen molar-refractivity contribution in [1.82, 2.24) is 4.98 Å². The van der Waals surface area contributed by atoms with Crippen LogP contribution in [0.2, 0.25) is 5.02 Å². The van der Waals surface area contributed by atoms with Gasteiger partial charge in [0.2, 0.25) is 0 Å². The predicted molar refractivity (Wildman–Crippen MR) is 76.4 cm³/mol. The topological polar surface area (TPSA) is 15.8 Å². The summed E-state index contributed by atoms with van der Waals surface area (Å²) in [5.74, 6) is -0.334. The zero-order valence-electron chi connectivity index (χ0n) is 9.18. The van der Waals surface area contributed by atoms with Crippen molar-refractivity contribution in [2.24, 2.45) is 0 Å². The molecule has 1 aromatic heterocycles. The average molecular weight is 325 g/mol. The van der Waals surface area contributed by atoms with Crippen LogP contribution in [0.3, 0.4) is 0 Å². The minimum absolute atomic E-state index is 0.334. The number of benzene rings is 2. The average Bonchev–Trinajstić information content (AvgIpc) is 2.73.